The van der Waals surface area contributed by atoms with Crippen LogP contribution in [0.3, 0.4) is 0 Å². The van der Waals surface area contributed by atoms with Gasteiger partial charge in [0.05, 0.1) is 7.11 Å². The first-order valence-corrected chi connectivity index (χ1v) is 6.65. The Labute approximate surface area is 119 Å². The molecule has 1 aromatic heterocycles. The first-order valence-electron chi connectivity index (χ1n) is 6.65. The highest BCUT2D eigenvalue weighted by Gasteiger charge is 2.07. The number of hydrogen-bond donors (Lipinski definition) is 1. The van der Waals surface area contributed by atoms with E-state index in [0.717, 1.165) is 22.8 Å². The molecule has 0 amide bonds. The van der Waals surface area contributed by atoms with Gasteiger partial charge in [-0.2, -0.15) is 0 Å². The fourth-order valence-corrected chi connectivity index (χ4v) is 1.81. The molecule has 2 N–H and O–H groups in total. The Morgan fingerprint density at radius 3 is 2.30 bits per heavy atom. The molecular formula is C16H20N2O2. The van der Waals surface area contributed by atoms with Gasteiger partial charge in [0, 0.05) is 18.3 Å². The van der Waals surface area contributed by atoms with Crippen LogP contribution in [0, 0.1) is 0 Å². The summed E-state index contributed by atoms with van der Waals surface area (Å²) < 4.78 is 10.9. The van der Waals surface area contributed by atoms with Crippen molar-refractivity contribution < 1.29 is 9.47 Å². The lowest BCUT2D eigenvalue weighted by Crippen LogP contribution is -2.02. The second kappa shape index (κ2) is 6.39. The third-order valence-electron chi connectivity index (χ3n) is 2.99. The lowest BCUT2D eigenvalue weighted by molar-refractivity contribution is 0.412. The van der Waals surface area contributed by atoms with E-state index in [4.69, 9.17) is 15.2 Å². The maximum absolute atomic E-state index is 5.79. The van der Waals surface area contributed by atoms with Gasteiger partial charge in [-0.1, -0.05) is 13.8 Å². The van der Waals surface area contributed by atoms with Crippen molar-refractivity contribution in [2.75, 3.05) is 7.11 Å². The summed E-state index contributed by atoms with van der Waals surface area (Å²) in [6, 6.07) is 11.3. The zero-order valence-corrected chi connectivity index (χ0v) is 12.1. The van der Waals surface area contributed by atoms with Gasteiger partial charge in [0.25, 0.3) is 0 Å². The average Bonchev–Trinajstić information content (AvgIpc) is 2.47. The molecule has 0 aliphatic heterocycles. The maximum Gasteiger partial charge on any atom is 0.219 e. The topological polar surface area (TPSA) is 57.4 Å². The molecular weight excluding hydrogens is 252 g/mol. The number of nitrogens with zero attached hydrogens (tertiary/aromatic N) is 1. The largest absolute Gasteiger partial charge is 0.497 e. The van der Waals surface area contributed by atoms with Crippen LogP contribution < -0.4 is 15.2 Å². The Morgan fingerprint density at radius 2 is 1.75 bits per heavy atom. The molecule has 4 nitrogen and oxygen atoms in total. The molecule has 20 heavy (non-hydrogen) atoms. The average molecular weight is 272 g/mol. The van der Waals surface area contributed by atoms with E-state index in [2.05, 4.69) is 18.8 Å². The molecule has 1 heterocycles. The molecule has 0 bridgehead atoms. The predicted octanol–water partition coefficient (Wildman–Crippen LogP) is 3.46. The third kappa shape index (κ3) is 3.48. The van der Waals surface area contributed by atoms with E-state index in [1.165, 1.54) is 0 Å². The van der Waals surface area contributed by atoms with Gasteiger partial charge < -0.3 is 15.2 Å². The molecule has 0 radical (unpaired) electrons. The van der Waals surface area contributed by atoms with Gasteiger partial charge in [0.2, 0.25) is 5.88 Å². The minimum Gasteiger partial charge on any atom is -0.497 e. The van der Waals surface area contributed by atoms with E-state index >= 15 is 0 Å². The Hall–Kier alpha value is -2.07. The smallest absolute Gasteiger partial charge is 0.219 e. The van der Waals surface area contributed by atoms with Gasteiger partial charge in [-0.15, -0.1) is 0 Å². The van der Waals surface area contributed by atoms with E-state index in [9.17, 15) is 0 Å². The van der Waals surface area contributed by atoms with Gasteiger partial charge in [-0.3, -0.25) is 0 Å². The molecule has 0 unspecified atom stereocenters. The second-order valence-electron chi connectivity index (χ2n) is 4.87. The van der Waals surface area contributed by atoms with Crippen LogP contribution >= 0.6 is 0 Å². The summed E-state index contributed by atoms with van der Waals surface area (Å²) in [6.45, 7) is 4.67. The monoisotopic (exact) mass is 272 g/mol. The molecule has 0 fully saturated rings. The van der Waals surface area contributed by atoms with Crippen LogP contribution in [0.5, 0.6) is 17.4 Å². The minimum absolute atomic E-state index is 0.333. The first-order chi connectivity index (χ1) is 9.62. The van der Waals surface area contributed by atoms with E-state index in [-0.39, 0.29) is 0 Å². The van der Waals surface area contributed by atoms with Crippen LogP contribution in [0.1, 0.15) is 31.0 Å². The number of benzene rings is 1. The predicted molar refractivity (Wildman–Crippen MR) is 79.3 cm³/mol. The molecule has 0 spiro atoms. The Bertz CT molecular complexity index is 565. The zero-order valence-electron chi connectivity index (χ0n) is 12.1. The fraction of sp³-hybridized carbons (Fsp3) is 0.312. The molecule has 2 rings (SSSR count). The summed E-state index contributed by atoms with van der Waals surface area (Å²) in [5.74, 6) is 2.42. The summed E-state index contributed by atoms with van der Waals surface area (Å²) in [6.07, 6.45) is 0. The van der Waals surface area contributed by atoms with E-state index < -0.39 is 0 Å². The highest BCUT2D eigenvalue weighted by molar-refractivity contribution is 5.35. The third-order valence-corrected chi connectivity index (χ3v) is 2.99. The standard InChI is InChI=1S/C16H20N2O2/c1-11(2)15-8-12(10-17)9-16(18-15)20-14-6-4-13(19-3)5-7-14/h4-9,11H,10,17H2,1-3H3. The Balaban J connectivity index is 2.24. The van der Waals surface area contributed by atoms with E-state index in [0.29, 0.717) is 18.3 Å². The lowest BCUT2D eigenvalue weighted by atomic mass is 10.1. The highest BCUT2D eigenvalue weighted by atomic mass is 16.5. The number of ether oxygens (including phenoxy) is 2. The van der Waals surface area contributed by atoms with Crippen molar-refractivity contribution in [3.63, 3.8) is 0 Å². The van der Waals surface area contributed by atoms with Crippen molar-refractivity contribution in [3.05, 3.63) is 47.7 Å². The van der Waals surface area contributed by atoms with Crippen LogP contribution in [0.15, 0.2) is 36.4 Å². The van der Waals surface area contributed by atoms with Crippen LogP contribution in [-0.4, -0.2) is 12.1 Å². The number of rotatable bonds is 5. The zero-order chi connectivity index (χ0) is 14.5. The Kier molecular flexibility index (Phi) is 4.58. The fourth-order valence-electron chi connectivity index (χ4n) is 1.81. The highest BCUT2D eigenvalue weighted by Crippen LogP contribution is 2.25. The second-order valence-corrected chi connectivity index (χ2v) is 4.87. The van der Waals surface area contributed by atoms with Crippen molar-refractivity contribution in [1.82, 2.24) is 4.98 Å². The lowest BCUT2D eigenvalue weighted by Gasteiger charge is -2.11. The van der Waals surface area contributed by atoms with Crippen molar-refractivity contribution >= 4 is 0 Å². The van der Waals surface area contributed by atoms with Crippen LogP contribution in [0.2, 0.25) is 0 Å². The van der Waals surface area contributed by atoms with Gasteiger partial charge in [-0.25, -0.2) is 4.98 Å². The number of nitrogens with two attached hydrogens (primary N) is 1. The number of hydrogen-bond acceptors (Lipinski definition) is 4. The van der Waals surface area contributed by atoms with Gasteiger partial charge in [0.15, 0.2) is 0 Å². The molecule has 4 heteroatoms. The molecule has 2 aromatic rings. The summed E-state index contributed by atoms with van der Waals surface area (Å²) in [7, 11) is 1.64. The van der Waals surface area contributed by atoms with Crippen LogP contribution in [-0.2, 0) is 6.54 Å². The first kappa shape index (κ1) is 14.3. The molecule has 106 valence electrons. The summed E-state index contributed by atoms with van der Waals surface area (Å²) in [4.78, 5) is 4.51. The van der Waals surface area contributed by atoms with E-state index in [1.54, 1.807) is 7.11 Å². The molecule has 0 atom stereocenters. The summed E-state index contributed by atoms with van der Waals surface area (Å²) in [5.41, 5.74) is 7.72. The summed E-state index contributed by atoms with van der Waals surface area (Å²) in [5, 5.41) is 0. The molecule has 1 aromatic carbocycles. The summed E-state index contributed by atoms with van der Waals surface area (Å²) >= 11 is 0. The molecule has 0 saturated carbocycles. The number of methoxy groups -OCH3 is 1. The van der Waals surface area contributed by atoms with Gasteiger partial charge in [0.1, 0.15) is 11.5 Å². The number of pyridine rings is 1. The normalized spacial score (nSPS) is 10.7. The van der Waals surface area contributed by atoms with Crippen LogP contribution in [0.4, 0.5) is 0 Å². The van der Waals surface area contributed by atoms with Gasteiger partial charge >= 0.3 is 0 Å². The number of aromatic nitrogens is 1. The van der Waals surface area contributed by atoms with Gasteiger partial charge in [-0.05, 0) is 41.8 Å². The van der Waals surface area contributed by atoms with E-state index in [1.807, 2.05) is 36.4 Å². The minimum atomic E-state index is 0.333. The van der Waals surface area contributed by atoms with Crippen molar-refractivity contribution in [2.45, 2.75) is 26.3 Å². The quantitative estimate of drug-likeness (QED) is 0.905. The van der Waals surface area contributed by atoms with Crippen LogP contribution in [0.25, 0.3) is 0 Å². The maximum atomic E-state index is 5.79. The van der Waals surface area contributed by atoms with Crippen molar-refractivity contribution in [1.29, 1.82) is 0 Å². The Morgan fingerprint density at radius 1 is 1.10 bits per heavy atom. The SMILES string of the molecule is COc1ccc(Oc2cc(CN)cc(C(C)C)n2)cc1. The molecule has 0 saturated heterocycles. The van der Waals surface area contributed by atoms with Crippen molar-refractivity contribution in [2.24, 2.45) is 5.73 Å². The molecule has 0 aliphatic carbocycles. The van der Waals surface area contributed by atoms with Crippen molar-refractivity contribution in [3.8, 4) is 17.4 Å². The molecule has 0 aliphatic rings.